The summed E-state index contributed by atoms with van der Waals surface area (Å²) < 4.78 is 7.20. The lowest BCUT2D eigenvalue weighted by Gasteiger charge is -2.28. The fourth-order valence-electron chi connectivity index (χ4n) is 4.53. The minimum Gasteiger partial charge on any atom is -0.501 e. The van der Waals surface area contributed by atoms with Gasteiger partial charge in [0, 0.05) is 13.6 Å². The molecule has 1 atom stereocenters. The molecule has 0 fully saturated rings. The SMILES string of the molecule is Cn1c(N2Cc3ccccc3C2c2ccccc2)nc(-c2nc3ccccc3o2)c(O)c1=O. The second kappa shape index (κ2) is 7.34. The Kier molecular flexibility index (Phi) is 4.29. The fraction of sp³-hybridized carbons (Fsp3) is 0.115. The van der Waals surface area contributed by atoms with Gasteiger partial charge in [-0.2, -0.15) is 0 Å². The molecule has 33 heavy (non-hydrogen) atoms. The van der Waals surface area contributed by atoms with Crippen LogP contribution in [0.5, 0.6) is 5.75 Å². The molecule has 0 saturated heterocycles. The zero-order valence-electron chi connectivity index (χ0n) is 17.8. The average molecular weight is 436 g/mol. The third-order valence-corrected chi connectivity index (χ3v) is 6.11. The van der Waals surface area contributed by atoms with Crippen molar-refractivity contribution in [3.63, 3.8) is 0 Å². The van der Waals surface area contributed by atoms with Crippen molar-refractivity contribution in [2.75, 3.05) is 4.90 Å². The molecule has 1 aliphatic rings. The van der Waals surface area contributed by atoms with E-state index in [1.54, 1.807) is 13.1 Å². The van der Waals surface area contributed by atoms with Crippen LogP contribution in [0, 0.1) is 0 Å². The third-order valence-electron chi connectivity index (χ3n) is 6.11. The van der Waals surface area contributed by atoms with Gasteiger partial charge in [-0.05, 0) is 28.8 Å². The number of rotatable bonds is 3. The molecule has 1 unspecified atom stereocenters. The zero-order valence-corrected chi connectivity index (χ0v) is 17.8. The van der Waals surface area contributed by atoms with Crippen LogP contribution in [0.4, 0.5) is 5.95 Å². The van der Waals surface area contributed by atoms with Crippen LogP contribution in [-0.2, 0) is 13.6 Å². The van der Waals surface area contributed by atoms with Gasteiger partial charge in [0.25, 0.3) is 11.4 Å². The van der Waals surface area contributed by atoms with Gasteiger partial charge in [-0.25, -0.2) is 9.97 Å². The Morgan fingerprint density at radius 1 is 0.939 bits per heavy atom. The van der Waals surface area contributed by atoms with Crippen molar-refractivity contribution >= 4 is 17.0 Å². The van der Waals surface area contributed by atoms with E-state index in [0.717, 1.165) is 16.7 Å². The first kappa shape index (κ1) is 19.3. The summed E-state index contributed by atoms with van der Waals surface area (Å²) in [6.45, 7) is 0.577. The molecule has 3 aromatic carbocycles. The van der Waals surface area contributed by atoms with Crippen LogP contribution in [0.15, 0.2) is 88.1 Å². The number of anilines is 1. The maximum Gasteiger partial charge on any atom is 0.297 e. The smallest absolute Gasteiger partial charge is 0.297 e. The second-order valence-electron chi connectivity index (χ2n) is 8.10. The van der Waals surface area contributed by atoms with Crippen LogP contribution in [-0.4, -0.2) is 19.6 Å². The Bertz CT molecular complexity index is 1520. The third kappa shape index (κ3) is 3.01. The summed E-state index contributed by atoms with van der Waals surface area (Å²) in [7, 11) is 1.62. The first-order valence-electron chi connectivity index (χ1n) is 10.7. The molecule has 1 aliphatic heterocycles. The zero-order chi connectivity index (χ0) is 22.5. The predicted octanol–water partition coefficient (Wildman–Crippen LogP) is 4.40. The van der Waals surface area contributed by atoms with Crippen molar-refractivity contribution in [1.82, 2.24) is 14.5 Å². The van der Waals surface area contributed by atoms with E-state index in [-0.39, 0.29) is 17.6 Å². The van der Waals surface area contributed by atoms with Crippen LogP contribution < -0.4 is 10.5 Å². The summed E-state index contributed by atoms with van der Waals surface area (Å²) in [6.07, 6.45) is 0. The van der Waals surface area contributed by atoms with Gasteiger partial charge in [0.1, 0.15) is 5.52 Å². The van der Waals surface area contributed by atoms with E-state index in [2.05, 4.69) is 34.1 Å². The molecule has 6 rings (SSSR count). The Morgan fingerprint density at radius 3 is 2.48 bits per heavy atom. The molecule has 162 valence electrons. The quantitative estimate of drug-likeness (QED) is 0.451. The molecular weight excluding hydrogens is 416 g/mol. The number of fused-ring (bicyclic) bond motifs is 2. The van der Waals surface area contributed by atoms with Crippen LogP contribution >= 0.6 is 0 Å². The largest absolute Gasteiger partial charge is 0.501 e. The van der Waals surface area contributed by atoms with Crippen LogP contribution in [0.25, 0.3) is 22.7 Å². The van der Waals surface area contributed by atoms with E-state index >= 15 is 0 Å². The minimum absolute atomic E-state index is 0.0343. The highest BCUT2D eigenvalue weighted by molar-refractivity contribution is 5.76. The highest BCUT2D eigenvalue weighted by atomic mass is 16.4. The van der Waals surface area contributed by atoms with Crippen LogP contribution in [0.2, 0.25) is 0 Å². The van der Waals surface area contributed by atoms with Crippen molar-refractivity contribution in [1.29, 1.82) is 0 Å². The van der Waals surface area contributed by atoms with Crippen molar-refractivity contribution in [2.45, 2.75) is 12.6 Å². The number of hydrogen-bond donors (Lipinski definition) is 1. The van der Waals surface area contributed by atoms with Crippen molar-refractivity contribution in [3.05, 3.63) is 106 Å². The highest BCUT2D eigenvalue weighted by Gasteiger charge is 2.34. The Morgan fingerprint density at radius 2 is 1.67 bits per heavy atom. The number of oxazole rings is 1. The summed E-state index contributed by atoms with van der Waals surface area (Å²) in [5.41, 5.74) is 4.09. The number of benzene rings is 3. The molecule has 7 nitrogen and oxygen atoms in total. The first-order valence-corrected chi connectivity index (χ1v) is 10.7. The van der Waals surface area contributed by atoms with Crippen molar-refractivity contribution in [2.24, 2.45) is 7.05 Å². The monoisotopic (exact) mass is 436 g/mol. The molecule has 0 radical (unpaired) electrons. The average Bonchev–Trinajstić information content (AvgIpc) is 3.45. The molecule has 0 bridgehead atoms. The first-order chi connectivity index (χ1) is 16.1. The highest BCUT2D eigenvalue weighted by Crippen LogP contribution is 2.41. The molecule has 0 spiro atoms. The summed E-state index contributed by atoms with van der Waals surface area (Å²) >= 11 is 0. The number of hydrogen-bond acceptors (Lipinski definition) is 6. The van der Waals surface area contributed by atoms with E-state index in [1.807, 2.05) is 48.5 Å². The van der Waals surface area contributed by atoms with Gasteiger partial charge >= 0.3 is 0 Å². The summed E-state index contributed by atoms with van der Waals surface area (Å²) in [4.78, 5) is 24.3. The van der Waals surface area contributed by atoms with E-state index in [9.17, 15) is 9.90 Å². The molecular formula is C26H20N4O3. The predicted molar refractivity (Wildman–Crippen MR) is 125 cm³/mol. The number of nitrogens with zero attached hydrogens (tertiary/aromatic N) is 4. The van der Waals surface area contributed by atoms with E-state index < -0.39 is 11.3 Å². The maximum atomic E-state index is 13.0. The van der Waals surface area contributed by atoms with Gasteiger partial charge in [0.15, 0.2) is 11.3 Å². The molecule has 0 saturated carbocycles. The number of para-hydroxylation sites is 2. The Labute approximate surface area is 189 Å². The van der Waals surface area contributed by atoms with Gasteiger partial charge < -0.3 is 14.4 Å². The van der Waals surface area contributed by atoms with Gasteiger partial charge in [-0.3, -0.25) is 9.36 Å². The van der Waals surface area contributed by atoms with E-state index in [0.29, 0.717) is 23.6 Å². The summed E-state index contributed by atoms with van der Waals surface area (Å²) in [6, 6.07) is 25.5. The van der Waals surface area contributed by atoms with Crippen molar-refractivity contribution < 1.29 is 9.52 Å². The molecule has 3 heterocycles. The van der Waals surface area contributed by atoms with Gasteiger partial charge in [0.2, 0.25) is 11.7 Å². The van der Waals surface area contributed by atoms with Crippen molar-refractivity contribution in [3.8, 4) is 17.3 Å². The van der Waals surface area contributed by atoms with Crippen LogP contribution in [0.1, 0.15) is 22.7 Å². The molecule has 1 N–H and O–H groups in total. The van der Waals surface area contributed by atoms with Gasteiger partial charge in [-0.1, -0.05) is 66.7 Å². The molecule has 0 amide bonds. The van der Waals surface area contributed by atoms with Gasteiger partial charge in [0.05, 0.1) is 6.04 Å². The van der Waals surface area contributed by atoms with E-state index in [4.69, 9.17) is 9.40 Å². The number of aromatic hydroxyl groups is 1. The topological polar surface area (TPSA) is 84.4 Å². The molecule has 5 aromatic rings. The lowest BCUT2D eigenvalue weighted by atomic mass is 9.98. The Hall–Kier alpha value is -4.39. The van der Waals surface area contributed by atoms with Crippen LogP contribution in [0.3, 0.4) is 0 Å². The Balaban J connectivity index is 1.55. The molecule has 0 aliphatic carbocycles. The maximum absolute atomic E-state index is 13.0. The fourth-order valence-corrected chi connectivity index (χ4v) is 4.53. The minimum atomic E-state index is -0.556. The standard InChI is InChI=1S/C26H20N4O3/c1-29-25(32)23(31)21(24-27-19-13-7-8-14-20(19)33-24)28-26(29)30-15-17-11-5-6-12-18(17)22(30)16-9-3-2-4-10-16/h2-14,22,31H,15H2,1H3. The normalized spacial score (nSPS) is 15.2. The molecule has 7 heteroatoms. The summed E-state index contributed by atoms with van der Waals surface area (Å²) in [5, 5.41) is 10.7. The second-order valence-corrected chi connectivity index (χ2v) is 8.10. The molecule has 2 aromatic heterocycles. The number of aromatic nitrogens is 3. The van der Waals surface area contributed by atoms with Gasteiger partial charge in [-0.15, -0.1) is 0 Å². The van der Waals surface area contributed by atoms with E-state index in [1.165, 1.54) is 4.57 Å². The lowest BCUT2D eigenvalue weighted by Crippen LogP contribution is -2.31. The summed E-state index contributed by atoms with van der Waals surface area (Å²) in [5.74, 6) is 0.0570. The lowest BCUT2D eigenvalue weighted by molar-refractivity contribution is 0.455.